The van der Waals surface area contributed by atoms with Crippen molar-refractivity contribution < 1.29 is 9.53 Å². The average Bonchev–Trinajstić information content (AvgIpc) is 2.59. The molecule has 0 saturated heterocycles. The van der Waals surface area contributed by atoms with Crippen LogP contribution >= 0.6 is 0 Å². The Morgan fingerprint density at radius 3 is 2.87 bits per heavy atom. The fourth-order valence-corrected chi connectivity index (χ4v) is 1.97. The highest BCUT2D eigenvalue weighted by molar-refractivity contribution is 5.94. The molecule has 0 aliphatic rings. The average molecular weight is 310 g/mol. The van der Waals surface area contributed by atoms with E-state index >= 15 is 0 Å². The Balaban J connectivity index is 1.83. The molecule has 0 unspecified atom stereocenters. The van der Waals surface area contributed by atoms with Gasteiger partial charge in [0.05, 0.1) is 7.11 Å². The van der Waals surface area contributed by atoms with E-state index in [9.17, 15) is 4.79 Å². The summed E-state index contributed by atoms with van der Waals surface area (Å²) in [7, 11) is 1.56. The van der Waals surface area contributed by atoms with Crippen LogP contribution in [0.1, 0.15) is 21.6 Å². The van der Waals surface area contributed by atoms with Crippen LogP contribution < -0.4 is 15.4 Å². The Kier molecular flexibility index (Phi) is 5.53. The third-order valence-electron chi connectivity index (χ3n) is 3.25. The molecule has 0 aliphatic heterocycles. The number of benzene rings is 1. The van der Waals surface area contributed by atoms with Crippen molar-refractivity contribution in [3.05, 3.63) is 53.2 Å². The zero-order chi connectivity index (χ0) is 16.7. The molecule has 2 rings (SSSR count). The molecule has 6 nitrogen and oxygen atoms in total. The zero-order valence-corrected chi connectivity index (χ0v) is 13.1. The molecular formula is C17H18N4O2. The van der Waals surface area contributed by atoms with Crippen LogP contribution in [0.2, 0.25) is 0 Å². The summed E-state index contributed by atoms with van der Waals surface area (Å²) in [4.78, 5) is 16.2. The lowest BCUT2D eigenvalue weighted by atomic mass is 10.2. The van der Waals surface area contributed by atoms with E-state index in [-0.39, 0.29) is 5.91 Å². The summed E-state index contributed by atoms with van der Waals surface area (Å²) in [6.45, 7) is 2.79. The molecule has 0 radical (unpaired) electrons. The molecule has 1 heterocycles. The highest BCUT2D eigenvalue weighted by Gasteiger charge is 2.06. The highest BCUT2D eigenvalue weighted by atomic mass is 16.5. The predicted molar refractivity (Wildman–Crippen MR) is 87.5 cm³/mol. The van der Waals surface area contributed by atoms with E-state index in [1.54, 1.807) is 37.4 Å². The number of amides is 1. The van der Waals surface area contributed by atoms with Crippen molar-refractivity contribution in [3.63, 3.8) is 0 Å². The second kappa shape index (κ2) is 7.80. The third kappa shape index (κ3) is 4.45. The molecule has 2 aromatic rings. The number of methoxy groups -OCH3 is 1. The van der Waals surface area contributed by atoms with Crippen molar-refractivity contribution >= 4 is 11.7 Å². The molecule has 1 aromatic carbocycles. The number of nitriles is 1. The molecule has 0 bridgehead atoms. The van der Waals surface area contributed by atoms with E-state index in [1.165, 1.54) is 0 Å². The molecular weight excluding hydrogens is 292 g/mol. The fourth-order valence-electron chi connectivity index (χ4n) is 1.97. The number of hydrogen-bond donors (Lipinski definition) is 2. The predicted octanol–water partition coefficient (Wildman–Crippen LogP) is 2.11. The second-order valence-electron chi connectivity index (χ2n) is 4.89. The van der Waals surface area contributed by atoms with E-state index in [4.69, 9.17) is 10.00 Å². The summed E-state index contributed by atoms with van der Waals surface area (Å²) in [6, 6.07) is 12.7. The number of rotatable bonds is 6. The van der Waals surface area contributed by atoms with Crippen molar-refractivity contribution in [2.24, 2.45) is 0 Å². The number of nitrogens with zero attached hydrogens (tertiary/aromatic N) is 2. The van der Waals surface area contributed by atoms with Gasteiger partial charge in [0, 0.05) is 18.7 Å². The van der Waals surface area contributed by atoms with Crippen LogP contribution in [0.3, 0.4) is 0 Å². The number of carbonyl (C=O) groups excluding carboxylic acids is 1. The van der Waals surface area contributed by atoms with Crippen LogP contribution in [0.4, 0.5) is 5.82 Å². The first-order valence-corrected chi connectivity index (χ1v) is 7.18. The lowest BCUT2D eigenvalue weighted by Gasteiger charge is -2.09. The Hall–Kier alpha value is -3.07. The van der Waals surface area contributed by atoms with Crippen molar-refractivity contribution in [2.45, 2.75) is 6.92 Å². The van der Waals surface area contributed by atoms with Crippen molar-refractivity contribution in [2.75, 3.05) is 25.5 Å². The van der Waals surface area contributed by atoms with Gasteiger partial charge in [-0.25, -0.2) is 4.98 Å². The molecule has 118 valence electrons. The molecule has 0 aliphatic carbocycles. The number of pyridine rings is 1. The van der Waals surface area contributed by atoms with Gasteiger partial charge in [0.2, 0.25) is 0 Å². The van der Waals surface area contributed by atoms with Gasteiger partial charge in [-0.2, -0.15) is 5.26 Å². The number of nitrogens with one attached hydrogen (secondary N) is 2. The summed E-state index contributed by atoms with van der Waals surface area (Å²) in [5.41, 5.74) is 1.78. The quantitative estimate of drug-likeness (QED) is 0.798. The third-order valence-corrected chi connectivity index (χ3v) is 3.25. The molecule has 23 heavy (non-hydrogen) atoms. The Morgan fingerprint density at radius 2 is 2.13 bits per heavy atom. The van der Waals surface area contributed by atoms with Crippen LogP contribution in [0, 0.1) is 18.3 Å². The zero-order valence-electron chi connectivity index (χ0n) is 13.1. The molecule has 1 amide bonds. The van der Waals surface area contributed by atoms with Gasteiger partial charge in [-0.3, -0.25) is 4.79 Å². The lowest BCUT2D eigenvalue weighted by Crippen LogP contribution is -2.28. The van der Waals surface area contributed by atoms with Crippen LogP contribution in [0.15, 0.2) is 36.4 Å². The van der Waals surface area contributed by atoms with Gasteiger partial charge >= 0.3 is 0 Å². The molecule has 0 spiro atoms. The van der Waals surface area contributed by atoms with Crippen LogP contribution in [-0.4, -0.2) is 31.1 Å². The standard InChI is InChI=1S/C17H18N4O2/c1-12-6-7-16(21-15(12)11-18)19-8-9-20-17(22)13-4-3-5-14(10-13)23-2/h3-7,10H,8-9H2,1-2H3,(H,19,21)(H,20,22). The Labute approximate surface area is 135 Å². The summed E-state index contributed by atoms with van der Waals surface area (Å²) in [5.74, 6) is 1.09. The van der Waals surface area contributed by atoms with Gasteiger partial charge in [-0.1, -0.05) is 12.1 Å². The lowest BCUT2D eigenvalue weighted by molar-refractivity contribution is 0.0955. The Bertz CT molecular complexity index is 738. The first kappa shape index (κ1) is 16.3. The monoisotopic (exact) mass is 310 g/mol. The van der Waals surface area contributed by atoms with E-state index in [2.05, 4.69) is 15.6 Å². The first-order chi connectivity index (χ1) is 11.1. The number of aromatic nitrogens is 1. The maximum absolute atomic E-state index is 12.0. The molecule has 2 N–H and O–H groups in total. The van der Waals surface area contributed by atoms with Crippen molar-refractivity contribution in [1.29, 1.82) is 5.26 Å². The normalized spacial score (nSPS) is 9.78. The number of anilines is 1. The van der Waals surface area contributed by atoms with Gasteiger partial charge < -0.3 is 15.4 Å². The van der Waals surface area contributed by atoms with Gasteiger partial charge in [0.15, 0.2) is 0 Å². The molecule has 6 heteroatoms. The highest BCUT2D eigenvalue weighted by Crippen LogP contribution is 2.12. The van der Waals surface area contributed by atoms with Crippen LogP contribution in [0.5, 0.6) is 5.75 Å². The largest absolute Gasteiger partial charge is 0.497 e. The van der Waals surface area contributed by atoms with E-state index < -0.39 is 0 Å². The number of ether oxygens (including phenoxy) is 1. The summed E-state index contributed by atoms with van der Waals surface area (Å²) in [5, 5.41) is 14.8. The summed E-state index contributed by atoms with van der Waals surface area (Å²) < 4.78 is 5.09. The number of carbonyl (C=O) groups is 1. The van der Waals surface area contributed by atoms with E-state index in [0.29, 0.717) is 35.9 Å². The minimum absolute atomic E-state index is 0.166. The van der Waals surface area contributed by atoms with Gasteiger partial charge in [0.25, 0.3) is 5.91 Å². The van der Waals surface area contributed by atoms with Crippen LogP contribution in [-0.2, 0) is 0 Å². The first-order valence-electron chi connectivity index (χ1n) is 7.18. The topological polar surface area (TPSA) is 87.0 Å². The maximum atomic E-state index is 12.0. The minimum atomic E-state index is -0.166. The second-order valence-corrected chi connectivity index (χ2v) is 4.89. The number of aryl methyl sites for hydroxylation is 1. The minimum Gasteiger partial charge on any atom is -0.497 e. The van der Waals surface area contributed by atoms with Gasteiger partial charge in [0.1, 0.15) is 23.3 Å². The molecule has 1 aromatic heterocycles. The Morgan fingerprint density at radius 1 is 1.30 bits per heavy atom. The van der Waals surface area contributed by atoms with E-state index in [0.717, 1.165) is 5.56 Å². The van der Waals surface area contributed by atoms with Gasteiger partial charge in [-0.05, 0) is 36.8 Å². The number of hydrogen-bond acceptors (Lipinski definition) is 5. The van der Waals surface area contributed by atoms with Crippen molar-refractivity contribution in [3.8, 4) is 11.8 Å². The van der Waals surface area contributed by atoms with Crippen LogP contribution in [0.25, 0.3) is 0 Å². The smallest absolute Gasteiger partial charge is 0.251 e. The fraction of sp³-hybridized carbons (Fsp3) is 0.235. The summed E-state index contributed by atoms with van der Waals surface area (Å²) in [6.07, 6.45) is 0. The summed E-state index contributed by atoms with van der Waals surface area (Å²) >= 11 is 0. The van der Waals surface area contributed by atoms with Gasteiger partial charge in [-0.15, -0.1) is 0 Å². The molecule has 0 fully saturated rings. The van der Waals surface area contributed by atoms with E-state index in [1.807, 2.05) is 19.1 Å². The SMILES string of the molecule is COc1cccc(C(=O)NCCNc2ccc(C)c(C#N)n2)c1. The maximum Gasteiger partial charge on any atom is 0.251 e. The molecule has 0 atom stereocenters. The van der Waals surface area contributed by atoms with Crippen molar-refractivity contribution in [1.82, 2.24) is 10.3 Å². The molecule has 0 saturated carbocycles.